The fourth-order valence-corrected chi connectivity index (χ4v) is 3.55. The highest BCUT2D eigenvalue weighted by Gasteiger charge is 2.36. The molecule has 8 nitrogen and oxygen atoms in total. The van der Waals surface area contributed by atoms with Crippen molar-refractivity contribution in [2.75, 3.05) is 11.9 Å². The minimum Gasteiger partial charge on any atom is -0.322 e. The van der Waals surface area contributed by atoms with Gasteiger partial charge in [-0.2, -0.15) is 0 Å². The number of hydrogen-bond donors (Lipinski definition) is 1. The zero-order valence-electron chi connectivity index (χ0n) is 14.1. The number of imide groups is 1. The number of benzene rings is 2. The van der Waals surface area contributed by atoms with Gasteiger partial charge in [-0.3, -0.25) is 19.3 Å². The molecule has 0 aliphatic carbocycles. The summed E-state index contributed by atoms with van der Waals surface area (Å²) in [4.78, 5) is 38.2. The third kappa shape index (κ3) is 3.62. The van der Waals surface area contributed by atoms with Crippen molar-refractivity contribution in [1.82, 2.24) is 15.2 Å². The lowest BCUT2D eigenvalue weighted by Crippen LogP contribution is -2.36. The van der Waals surface area contributed by atoms with E-state index < -0.39 is 23.6 Å². The number of carbonyl (C=O) groups is 3. The molecular formula is C18H11ClN4O4S. The van der Waals surface area contributed by atoms with Gasteiger partial charge in [-0.15, -0.1) is 0 Å². The van der Waals surface area contributed by atoms with E-state index in [1.54, 1.807) is 48.5 Å². The van der Waals surface area contributed by atoms with Gasteiger partial charge in [0.05, 0.1) is 10.6 Å². The highest BCUT2D eigenvalue weighted by atomic mass is 35.5. The maximum absolute atomic E-state index is 12.5. The molecule has 1 aromatic heterocycles. The number of nitrogens with zero attached hydrogens (tertiary/aromatic N) is 3. The molecular weight excluding hydrogens is 404 g/mol. The first-order chi connectivity index (χ1) is 13.5. The summed E-state index contributed by atoms with van der Waals surface area (Å²) in [5.41, 5.74) is 1.97. The monoisotopic (exact) mass is 414 g/mol. The fraction of sp³-hybridized carbons (Fsp3) is 0.0556. The van der Waals surface area contributed by atoms with E-state index in [0.717, 1.165) is 22.2 Å². The predicted octanol–water partition coefficient (Wildman–Crippen LogP) is 3.55. The number of nitrogens with one attached hydrogen (secondary N) is 1. The number of rotatable bonds is 4. The maximum Gasteiger partial charge on any atom is 0.294 e. The molecule has 0 radical (unpaired) electrons. The van der Waals surface area contributed by atoms with Crippen molar-refractivity contribution in [1.29, 1.82) is 0 Å². The smallest absolute Gasteiger partial charge is 0.294 e. The van der Waals surface area contributed by atoms with Gasteiger partial charge in [0, 0.05) is 5.02 Å². The molecule has 0 unspecified atom stereocenters. The van der Waals surface area contributed by atoms with Crippen molar-refractivity contribution < 1.29 is 19.0 Å². The minimum atomic E-state index is -0.537. The third-order valence-corrected chi connectivity index (χ3v) is 5.06. The molecule has 10 heteroatoms. The van der Waals surface area contributed by atoms with Crippen LogP contribution >= 0.6 is 23.4 Å². The summed E-state index contributed by atoms with van der Waals surface area (Å²) in [7, 11) is 0. The predicted molar refractivity (Wildman–Crippen MR) is 105 cm³/mol. The topological polar surface area (TPSA) is 105 Å². The zero-order valence-corrected chi connectivity index (χ0v) is 15.7. The lowest BCUT2D eigenvalue weighted by atomic mass is 10.2. The van der Waals surface area contributed by atoms with Gasteiger partial charge in [0.25, 0.3) is 11.1 Å². The van der Waals surface area contributed by atoms with Crippen molar-refractivity contribution in [3.8, 4) is 0 Å². The molecule has 1 fully saturated rings. The Morgan fingerprint density at radius 3 is 2.75 bits per heavy atom. The van der Waals surface area contributed by atoms with Crippen molar-refractivity contribution in [2.45, 2.75) is 0 Å². The number of carbonyl (C=O) groups excluding carboxylic acids is 3. The van der Waals surface area contributed by atoms with Crippen molar-refractivity contribution in [2.24, 2.45) is 0 Å². The van der Waals surface area contributed by atoms with Crippen LogP contribution < -0.4 is 5.32 Å². The number of halogens is 1. The van der Waals surface area contributed by atoms with Crippen LogP contribution in [0.5, 0.6) is 0 Å². The molecule has 0 atom stereocenters. The fourth-order valence-electron chi connectivity index (χ4n) is 2.59. The maximum atomic E-state index is 12.5. The molecule has 140 valence electrons. The van der Waals surface area contributed by atoms with Crippen LogP contribution in [0.4, 0.5) is 10.5 Å². The summed E-state index contributed by atoms with van der Waals surface area (Å²) < 4.78 is 4.64. The van der Waals surface area contributed by atoms with Crippen LogP contribution in [0, 0.1) is 0 Å². The number of anilines is 1. The van der Waals surface area contributed by atoms with Crippen LogP contribution in [0.1, 0.15) is 5.56 Å². The Morgan fingerprint density at radius 2 is 1.96 bits per heavy atom. The first kappa shape index (κ1) is 18.2. The summed E-state index contributed by atoms with van der Waals surface area (Å²) in [5, 5.41) is 10.1. The average molecular weight is 415 g/mol. The number of thioether (sulfide) groups is 1. The first-order valence-electron chi connectivity index (χ1n) is 8.03. The van der Waals surface area contributed by atoms with Gasteiger partial charge in [-0.05, 0) is 58.0 Å². The lowest BCUT2D eigenvalue weighted by Gasteiger charge is -2.12. The third-order valence-electron chi connectivity index (χ3n) is 3.90. The largest absolute Gasteiger partial charge is 0.322 e. The lowest BCUT2D eigenvalue weighted by molar-refractivity contribution is -0.127. The molecule has 1 aliphatic rings. The first-order valence-corrected chi connectivity index (χ1v) is 9.23. The normalized spacial score (nSPS) is 15.6. The van der Waals surface area contributed by atoms with Gasteiger partial charge in [-0.25, -0.2) is 4.63 Å². The number of amides is 3. The molecule has 0 saturated carbocycles. The van der Waals surface area contributed by atoms with Gasteiger partial charge in [0.15, 0.2) is 5.52 Å². The Bertz CT molecular complexity index is 1130. The van der Waals surface area contributed by atoms with Crippen molar-refractivity contribution >= 4 is 63.2 Å². The van der Waals surface area contributed by atoms with E-state index in [1.165, 1.54) is 0 Å². The van der Waals surface area contributed by atoms with E-state index in [2.05, 4.69) is 20.3 Å². The molecule has 1 aliphatic heterocycles. The SMILES string of the molecule is O=C(CN1C(=O)S/C(=C\c2ccc(Cl)cc2)C1=O)Nc1cccc2nonc12. The highest BCUT2D eigenvalue weighted by Crippen LogP contribution is 2.32. The second-order valence-electron chi connectivity index (χ2n) is 5.81. The van der Waals surface area contributed by atoms with E-state index in [0.29, 0.717) is 21.7 Å². The molecule has 2 heterocycles. The molecule has 4 rings (SSSR count). The average Bonchev–Trinajstić information content (AvgIpc) is 3.25. The summed E-state index contributed by atoms with van der Waals surface area (Å²) in [5.74, 6) is -1.06. The molecule has 2 aromatic carbocycles. The van der Waals surface area contributed by atoms with Gasteiger partial charge < -0.3 is 5.32 Å². The summed E-state index contributed by atoms with van der Waals surface area (Å²) in [6, 6.07) is 11.8. The Kier molecular flexibility index (Phi) is 4.84. The zero-order chi connectivity index (χ0) is 19.7. The van der Waals surface area contributed by atoms with E-state index in [1.807, 2.05) is 0 Å². The van der Waals surface area contributed by atoms with Crippen LogP contribution in [-0.4, -0.2) is 38.8 Å². The van der Waals surface area contributed by atoms with Gasteiger partial charge >= 0.3 is 0 Å². The van der Waals surface area contributed by atoms with Crippen LogP contribution in [0.2, 0.25) is 5.02 Å². The standard InChI is InChI=1S/C18H11ClN4O4S/c19-11-6-4-10(5-7-11)8-14-17(25)23(18(26)28-14)9-15(24)20-12-2-1-3-13-16(12)22-27-21-13/h1-8H,9H2,(H,20,24)/b14-8-. The Morgan fingerprint density at radius 1 is 1.18 bits per heavy atom. The van der Waals surface area contributed by atoms with Crippen LogP contribution in [0.3, 0.4) is 0 Å². The Hall–Kier alpha value is -3.17. The van der Waals surface area contributed by atoms with E-state index in [-0.39, 0.29) is 4.91 Å². The van der Waals surface area contributed by atoms with E-state index >= 15 is 0 Å². The number of aromatic nitrogens is 2. The summed E-state index contributed by atoms with van der Waals surface area (Å²) in [6.45, 7) is -0.412. The van der Waals surface area contributed by atoms with Crippen molar-refractivity contribution in [3.05, 3.63) is 58.0 Å². The molecule has 28 heavy (non-hydrogen) atoms. The molecule has 1 saturated heterocycles. The van der Waals surface area contributed by atoms with Crippen molar-refractivity contribution in [3.63, 3.8) is 0 Å². The molecule has 1 N–H and O–H groups in total. The molecule has 3 aromatic rings. The number of hydrogen-bond acceptors (Lipinski definition) is 7. The summed E-state index contributed by atoms with van der Waals surface area (Å²) >= 11 is 6.62. The minimum absolute atomic E-state index is 0.239. The van der Waals surface area contributed by atoms with Gasteiger partial charge in [-0.1, -0.05) is 29.8 Å². The number of fused-ring (bicyclic) bond motifs is 1. The summed E-state index contributed by atoms with van der Waals surface area (Å²) in [6.07, 6.45) is 1.58. The van der Waals surface area contributed by atoms with Crippen LogP contribution in [-0.2, 0) is 9.59 Å². The van der Waals surface area contributed by atoms with Gasteiger partial charge in [0.2, 0.25) is 5.91 Å². The Labute approximate surface area is 167 Å². The quantitative estimate of drug-likeness (QED) is 0.650. The second kappa shape index (κ2) is 7.45. The second-order valence-corrected chi connectivity index (χ2v) is 7.23. The molecule has 0 bridgehead atoms. The van der Waals surface area contributed by atoms with E-state index in [9.17, 15) is 14.4 Å². The highest BCUT2D eigenvalue weighted by molar-refractivity contribution is 8.18. The van der Waals surface area contributed by atoms with Crippen LogP contribution in [0.15, 0.2) is 52.0 Å². The van der Waals surface area contributed by atoms with Crippen LogP contribution in [0.25, 0.3) is 17.1 Å². The molecule has 3 amide bonds. The van der Waals surface area contributed by atoms with E-state index in [4.69, 9.17) is 11.6 Å². The Balaban J connectivity index is 1.48. The van der Waals surface area contributed by atoms with Gasteiger partial charge in [0.1, 0.15) is 12.1 Å². The molecule has 0 spiro atoms.